The Morgan fingerprint density at radius 3 is 1.80 bits per heavy atom. The molecule has 0 radical (unpaired) electrons. The third-order valence-corrected chi connectivity index (χ3v) is 4.88. The van der Waals surface area contributed by atoms with E-state index >= 15 is 0 Å². The second-order valence-corrected chi connectivity index (χ2v) is 6.37. The van der Waals surface area contributed by atoms with Crippen LogP contribution >= 0.6 is 0 Å². The smallest absolute Gasteiger partial charge is 0.203 e. The van der Waals surface area contributed by atoms with E-state index in [1.54, 1.807) is 20.3 Å². The van der Waals surface area contributed by atoms with Crippen LogP contribution in [0.15, 0.2) is 48.5 Å². The second-order valence-electron chi connectivity index (χ2n) is 6.37. The van der Waals surface area contributed by atoms with Gasteiger partial charge in [-0.15, -0.1) is 0 Å². The van der Waals surface area contributed by atoms with E-state index in [0.717, 1.165) is 23.2 Å². The molecule has 0 saturated carbocycles. The lowest BCUT2D eigenvalue weighted by atomic mass is 9.93. The zero-order valence-corrected chi connectivity index (χ0v) is 17.6. The van der Waals surface area contributed by atoms with E-state index in [2.05, 4.69) is 0 Å². The Morgan fingerprint density at radius 1 is 0.633 bits per heavy atom. The molecule has 3 aromatic rings. The number of aldehydes is 1. The molecular formula is C24H24O6. The highest BCUT2D eigenvalue weighted by Crippen LogP contribution is 2.49. The van der Waals surface area contributed by atoms with Gasteiger partial charge in [0, 0.05) is 16.7 Å². The lowest BCUT2D eigenvalue weighted by Crippen LogP contribution is -2.01. The van der Waals surface area contributed by atoms with Crippen molar-refractivity contribution >= 4 is 6.29 Å². The van der Waals surface area contributed by atoms with Crippen LogP contribution in [0.4, 0.5) is 0 Å². The van der Waals surface area contributed by atoms with Crippen molar-refractivity contribution in [1.82, 2.24) is 0 Å². The van der Waals surface area contributed by atoms with Gasteiger partial charge in [0.05, 0.1) is 35.5 Å². The molecular weight excluding hydrogens is 384 g/mol. The molecule has 0 heterocycles. The molecule has 0 aliphatic rings. The van der Waals surface area contributed by atoms with E-state index in [-0.39, 0.29) is 0 Å². The average molecular weight is 408 g/mol. The van der Waals surface area contributed by atoms with Gasteiger partial charge >= 0.3 is 0 Å². The predicted octanol–water partition coefficient (Wildman–Crippen LogP) is 4.88. The van der Waals surface area contributed by atoms with Gasteiger partial charge in [0.25, 0.3) is 0 Å². The molecule has 0 saturated heterocycles. The van der Waals surface area contributed by atoms with E-state index in [0.29, 0.717) is 39.7 Å². The fraction of sp³-hybridized carbons (Fsp3) is 0.208. The highest BCUT2D eigenvalue weighted by Gasteiger charge is 2.24. The number of hydrogen-bond acceptors (Lipinski definition) is 6. The summed E-state index contributed by atoms with van der Waals surface area (Å²) in [5, 5.41) is 0. The highest BCUT2D eigenvalue weighted by atomic mass is 16.5. The van der Waals surface area contributed by atoms with E-state index in [9.17, 15) is 4.79 Å². The zero-order chi connectivity index (χ0) is 21.7. The van der Waals surface area contributed by atoms with Gasteiger partial charge in [0.2, 0.25) is 5.75 Å². The van der Waals surface area contributed by atoms with Crippen molar-refractivity contribution in [2.75, 3.05) is 35.5 Å². The first kappa shape index (κ1) is 21.0. The van der Waals surface area contributed by atoms with Crippen LogP contribution in [-0.4, -0.2) is 41.8 Å². The molecule has 0 aliphatic heterocycles. The molecule has 0 aromatic heterocycles. The van der Waals surface area contributed by atoms with Gasteiger partial charge in [-0.05, 0) is 41.5 Å². The normalized spacial score (nSPS) is 10.3. The summed E-state index contributed by atoms with van der Waals surface area (Å²) in [4.78, 5) is 12.0. The summed E-state index contributed by atoms with van der Waals surface area (Å²) in [7, 11) is 7.77. The van der Waals surface area contributed by atoms with Crippen molar-refractivity contribution in [2.24, 2.45) is 0 Å². The van der Waals surface area contributed by atoms with Crippen LogP contribution in [0.3, 0.4) is 0 Å². The molecule has 0 unspecified atom stereocenters. The minimum atomic E-state index is 0.393. The molecule has 0 aliphatic carbocycles. The lowest BCUT2D eigenvalue weighted by Gasteiger charge is -2.20. The Bertz CT molecular complexity index is 1040. The van der Waals surface area contributed by atoms with Crippen molar-refractivity contribution < 1.29 is 28.5 Å². The molecule has 6 nitrogen and oxygen atoms in total. The van der Waals surface area contributed by atoms with Crippen molar-refractivity contribution in [3.63, 3.8) is 0 Å². The van der Waals surface area contributed by atoms with Crippen LogP contribution < -0.4 is 23.7 Å². The Balaban J connectivity index is 2.29. The maximum Gasteiger partial charge on any atom is 0.203 e. The molecule has 30 heavy (non-hydrogen) atoms. The van der Waals surface area contributed by atoms with Crippen LogP contribution in [0.1, 0.15) is 10.4 Å². The summed E-state index contributed by atoms with van der Waals surface area (Å²) in [5.74, 6) is 2.57. The van der Waals surface area contributed by atoms with E-state index in [4.69, 9.17) is 23.7 Å². The maximum atomic E-state index is 12.0. The summed E-state index contributed by atoms with van der Waals surface area (Å²) in [6.45, 7) is 0. The Morgan fingerprint density at radius 2 is 1.27 bits per heavy atom. The standard InChI is InChI=1S/C24H24O6/c1-26-18-9-6-15(7-10-18)16-8-11-20(27-2)19(12-16)22-17(14-25)13-21(28-3)23(29-4)24(22)30-5/h6-14H,1-5H3. The predicted molar refractivity (Wildman–Crippen MR) is 115 cm³/mol. The third kappa shape index (κ3) is 3.76. The Hall–Kier alpha value is -3.67. The van der Waals surface area contributed by atoms with Crippen molar-refractivity contribution in [2.45, 2.75) is 0 Å². The van der Waals surface area contributed by atoms with E-state index in [1.807, 2.05) is 42.5 Å². The van der Waals surface area contributed by atoms with Gasteiger partial charge in [-0.1, -0.05) is 18.2 Å². The molecule has 3 aromatic carbocycles. The van der Waals surface area contributed by atoms with Gasteiger partial charge in [0.1, 0.15) is 11.5 Å². The number of carbonyl (C=O) groups excluding carboxylic acids is 1. The van der Waals surface area contributed by atoms with Crippen LogP contribution in [-0.2, 0) is 0 Å². The summed E-state index contributed by atoms with van der Waals surface area (Å²) in [6, 6.07) is 15.1. The minimum Gasteiger partial charge on any atom is -0.497 e. The summed E-state index contributed by atoms with van der Waals surface area (Å²) in [6.07, 6.45) is 0.763. The third-order valence-electron chi connectivity index (χ3n) is 4.88. The summed E-state index contributed by atoms with van der Waals surface area (Å²) < 4.78 is 27.4. The number of carbonyl (C=O) groups is 1. The van der Waals surface area contributed by atoms with Crippen molar-refractivity contribution in [1.29, 1.82) is 0 Å². The van der Waals surface area contributed by atoms with Crippen LogP contribution in [0.2, 0.25) is 0 Å². The topological polar surface area (TPSA) is 63.2 Å². The zero-order valence-electron chi connectivity index (χ0n) is 17.6. The number of rotatable bonds is 8. The molecule has 6 heteroatoms. The molecule has 0 fully saturated rings. The first-order valence-corrected chi connectivity index (χ1v) is 9.22. The SMILES string of the molecule is COc1ccc(-c2ccc(OC)c(-c3c(C=O)cc(OC)c(OC)c3OC)c2)cc1. The highest BCUT2D eigenvalue weighted by molar-refractivity contribution is 5.96. The quantitative estimate of drug-likeness (QED) is 0.495. The molecule has 0 amide bonds. The van der Waals surface area contributed by atoms with Gasteiger partial charge < -0.3 is 23.7 Å². The van der Waals surface area contributed by atoms with Gasteiger partial charge in [-0.3, -0.25) is 4.79 Å². The Labute approximate surface area is 175 Å². The molecule has 0 bridgehead atoms. The van der Waals surface area contributed by atoms with E-state index < -0.39 is 0 Å². The molecule has 0 spiro atoms. The fourth-order valence-corrected chi connectivity index (χ4v) is 3.41. The monoisotopic (exact) mass is 408 g/mol. The first-order chi connectivity index (χ1) is 14.6. The van der Waals surface area contributed by atoms with Crippen LogP contribution in [0.5, 0.6) is 28.7 Å². The first-order valence-electron chi connectivity index (χ1n) is 9.22. The van der Waals surface area contributed by atoms with Crippen LogP contribution in [0.25, 0.3) is 22.3 Å². The summed E-state index contributed by atoms with van der Waals surface area (Å²) in [5.41, 5.74) is 3.60. The van der Waals surface area contributed by atoms with Crippen molar-refractivity contribution in [3.05, 3.63) is 54.1 Å². The number of methoxy groups -OCH3 is 5. The number of ether oxygens (including phenoxy) is 5. The van der Waals surface area contributed by atoms with Crippen molar-refractivity contribution in [3.8, 4) is 51.0 Å². The second kappa shape index (κ2) is 9.22. The van der Waals surface area contributed by atoms with Gasteiger partial charge in [-0.2, -0.15) is 0 Å². The molecule has 0 N–H and O–H groups in total. The maximum absolute atomic E-state index is 12.0. The largest absolute Gasteiger partial charge is 0.497 e. The Kier molecular flexibility index (Phi) is 6.47. The van der Waals surface area contributed by atoms with E-state index in [1.165, 1.54) is 21.3 Å². The van der Waals surface area contributed by atoms with Gasteiger partial charge in [-0.25, -0.2) is 0 Å². The van der Waals surface area contributed by atoms with Crippen LogP contribution in [0, 0.1) is 0 Å². The summed E-state index contributed by atoms with van der Waals surface area (Å²) >= 11 is 0. The lowest BCUT2D eigenvalue weighted by molar-refractivity contribution is 0.112. The average Bonchev–Trinajstić information content (AvgIpc) is 2.82. The number of benzene rings is 3. The molecule has 3 rings (SSSR count). The molecule has 156 valence electrons. The minimum absolute atomic E-state index is 0.393. The van der Waals surface area contributed by atoms with Gasteiger partial charge in [0.15, 0.2) is 17.8 Å². The fourth-order valence-electron chi connectivity index (χ4n) is 3.41. The molecule has 0 atom stereocenters. The number of hydrogen-bond donors (Lipinski definition) is 0.